The van der Waals surface area contributed by atoms with Crippen molar-refractivity contribution in [1.82, 2.24) is 9.55 Å². The van der Waals surface area contributed by atoms with E-state index in [-0.39, 0.29) is 0 Å². The Morgan fingerprint density at radius 3 is 3.00 bits per heavy atom. The molecule has 2 N–H and O–H groups in total. The minimum absolute atomic E-state index is 0.637. The van der Waals surface area contributed by atoms with Gasteiger partial charge in [0.1, 0.15) is 5.82 Å². The number of aromatic nitrogens is 2. The fourth-order valence-corrected chi connectivity index (χ4v) is 1.92. The Kier molecular flexibility index (Phi) is 2.56. The van der Waals surface area contributed by atoms with E-state index in [1.54, 1.807) is 0 Å². The summed E-state index contributed by atoms with van der Waals surface area (Å²) >= 11 is 3.43. The summed E-state index contributed by atoms with van der Waals surface area (Å²) in [7, 11) is 2.02. The number of rotatable bonds is 2. The molecule has 0 amide bonds. The SMILES string of the molecule is Cn1c(CCN)nc2cc(Br)ccc21. The Bertz CT molecular complexity index is 462. The monoisotopic (exact) mass is 253 g/mol. The number of fused-ring (bicyclic) bond motifs is 1. The van der Waals surface area contributed by atoms with Crippen LogP contribution >= 0.6 is 15.9 Å². The highest BCUT2D eigenvalue weighted by molar-refractivity contribution is 9.10. The van der Waals surface area contributed by atoms with Gasteiger partial charge in [-0.3, -0.25) is 0 Å². The molecule has 0 aliphatic carbocycles. The number of benzene rings is 1. The van der Waals surface area contributed by atoms with E-state index in [2.05, 4.69) is 31.5 Å². The van der Waals surface area contributed by atoms with E-state index < -0.39 is 0 Å². The minimum Gasteiger partial charge on any atom is -0.331 e. The maximum atomic E-state index is 5.52. The summed E-state index contributed by atoms with van der Waals surface area (Å²) in [4.78, 5) is 4.52. The quantitative estimate of drug-likeness (QED) is 0.888. The molecule has 2 rings (SSSR count). The second-order valence-electron chi connectivity index (χ2n) is 3.26. The lowest BCUT2D eigenvalue weighted by Gasteiger charge is -1.99. The van der Waals surface area contributed by atoms with Gasteiger partial charge in [-0.1, -0.05) is 15.9 Å². The van der Waals surface area contributed by atoms with Crippen LogP contribution in [0.5, 0.6) is 0 Å². The van der Waals surface area contributed by atoms with Gasteiger partial charge in [0.05, 0.1) is 11.0 Å². The standard InChI is InChI=1S/C10H12BrN3/c1-14-9-3-2-7(11)6-8(9)13-10(14)4-5-12/h2-3,6H,4-5,12H2,1H3. The van der Waals surface area contributed by atoms with Crippen LogP contribution in [0.15, 0.2) is 22.7 Å². The smallest absolute Gasteiger partial charge is 0.110 e. The summed E-state index contributed by atoms with van der Waals surface area (Å²) < 4.78 is 3.15. The number of hydrogen-bond donors (Lipinski definition) is 1. The van der Waals surface area contributed by atoms with Crippen molar-refractivity contribution < 1.29 is 0 Å². The molecular formula is C10H12BrN3. The van der Waals surface area contributed by atoms with Gasteiger partial charge < -0.3 is 10.3 Å². The second-order valence-corrected chi connectivity index (χ2v) is 4.17. The lowest BCUT2D eigenvalue weighted by atomic mass is 10.3. The first kappa shape index (κ1) is 9.68. The van der Waals surface area contributed by atoms with Gasteiger partial charge in [0.25, 0.3) is 0 Å². The molecule has 3 nitrogen and oxygen atoms in total. The van der Waals surface area contributed by atoms with Crippen LogP contribution in [0, 0.1) is 0 Å². The van der Waals surface area contributed by atoms with Gasteiger partial charge in [-0.15, -0.1) is 0 Å². The van der Waals surface area contributed by atoms with E-state index in [4.69, 9.17) is 5.73 Å². The third-order valence-corrected chi connectivity index (χ3v) is 2.80. The topological polar surface area (TPSA) is 43.8 Å². The van der Waals surface area contributed by atoms with E-state index in [1.165, 1.54) is 0 Å². The van der Waals surface area contributed by atoms with Crippen molar-refractivity contribution in [2.45, 2.75) is 6.42 Å². The summed E-state index contributed by atoms with van der Waals surface area (Å²) in [6.07, 6.45) is 0.822. The molecule has 0 atom stereocenters. The highest BCUT2D eigenvalue weighted by Crippen LogP contribution is 2.19. The van der Waals surface area contributed by atoms with Crippen LogP contribution < -0.4 is 5.73 Å². The minimum atomic E-state index is 0.637. The average Bonchev–Trinajstić information content (AvgIpc) is 2.44. The fourth-order valence-electron chi connectivity index (χ4n) is 1.58. The van der Waals surface area contributed by atoms with Crippen LogP contribution in [-0.4, -0.2) is 16.1 Å². The van der Waals surface area contributed by atoms with Crippen LogP contribution in [0.2, 0.25) is 0 Å². The van der Waals surface area contributed by atoms with Crippen LogP contribution in [0.4, 0.5) is 0 Å². The van der Waals surface area contributed by atoms with Crippen molar-refractivity contribution in [3.63, 3.8) is 0 Å². The Morgan fingerprint density at radius 1 is 1.50 bits per heavy atom. The zero-order valence-corrected chi connectivity index (χ0v) is 9.58. The molecule has 0 aliphatic heterocycles. The molecule has 0 spiro atoms. The van der Waals surface area contributed by atoms with E-state index in [0.29, 0.717) is 6.54 Å². The summed E-state index contributed by atoms with van der Waals surface area (Å²) in [5.74, 6) is 1.04. The molecule has 14 heavy (non-hydrogen) atoms. The Morgan fingerprint density at radius 2 is 2.29 bits per heavy atom. The summed E-state index contributed by atoms with van der Waals surface area (Å²) in [5.41, 5.74) is 7.69. The highest BCUT2D eigenvalue weighted by atomic mass is 79.9. The van der Waals surface area contributed by atoms with E-state index in [0.717, 1.165) is 27.8 Å². The van der Waals surface area contributed by atoms with E-state index in [1.807, 2.05) is 19.2 Å². The Balaban J connectivity index is 2.61. The fraction of sp³-hybridized carbons (Fsp3) is 0.300. The van der Waals surface area contributed by atoms with Crippen LogP contribution in [0.1, 0.15) is 5.82 Å². The van der Waals surface area contributed by atoms with Gasteiger partial charge >= 0.3 is 0 Å². The molecule has 2 aromatic rings. The summed E-state index contributed by atoms with van der Waals surface area (Å²) in [5, 5.41) is 0. The third-order valence-electron chi connectivity index (χ3n) is 2.30. The highest BCUT2D eigenvalue weighted by Gasteiger charge is 2.06. The number of aryl methyl sites for hydroxylation is 1. The lowest BCUT2D eigenvalue weighted by Crippen LogP contribution is -2.07. The molecule has 0 bridgehead atoms. The molecule has 0 radical (unpaired) electrons. The number of hydrogen-bond acceptors (Lipinski definition) is 2. The Labute approximate surface area is 91.1 Å². The van der Waals surface area contributed by atoms with Crippen molar-refractivity contribution in [3.8, 4) is 0 Å². The van der Waals surface area contributed by atoms with Gasteiger partial charge in [-0.2, -0.15) is 0 Å². The predicted molar refractivity (Wildman–Crippen MR) is 61.2 cm³/mol. The Hall–Kier alpha value is -0.870. The first-order valence-electron chi connectivity index (χ1n) is 4.53. The van der Waals surface area contributed by atoms with Crippen molar-refractivity contribution in [1.29, 1.82) is 0 Å². The third kappa shape index (κ3) is 1.55. The van der Waals surface area contributed by atoms with Crippen molar-refractivity contribution >= 4 is 27.0 Å². The molecule has 0 unspecified atom stereocenters. The van der Waals surface area contributed by atoms with Gasteiger partial charge in [-0.05, 0) is 24.7 Å². The van der Waals surface area contributed by atoms with Crippen LogP contribution in [-0.2, 0) is 13.5 Å². The maximum absolute atomic E-state index is 5.52. The van der Waals surface area contributed by atoms with Gasteiger partial charge in [0.2, 0.25) is 0 Å². The van der Waals surface area contributed by atoms with Crippen molar-refractivity contribution in [2.24, 2.45) is 12.8 Å². The van der Waals surface area contributed by atoms with Crippen molar-refractivity contribution in [2.75, 3.05) is 6.54 Å². The first-order chi connectivity index (χ1) is 6.72. The van der Waals surface area contributed by atoms with Crippen LogP contribution in [0.3, 0.4) is 0 Å². The molecule has 0 saturated carbocycles. The van der Waals surface area contributed by atoms with E-state index >= 15 is 0 Å². The second kappa shape index (κ2) is 3.71. The molecular weight excluding hydrogens is 242 g/mol. The number of nitrogens with two attached hydrogens (primary N) is 1. The maximum Gasteiger partial charge on any atom is 0.110 e. The zero-order chi connectivity index (χ0) is 10.1. The first-order valence-corrected chi connectivity index (χ1v) is 5.32. The molecule has 0 fully saturated rings. The largest absolute Gasteiger partial charge is 0.331 e. The van der Waals surface area contributed by atoms with E-state index in [9.17, 15) is 0 Å². The molecule has 0 aliphatic rings. The summed E-state index contributed by atoms with van der Waals surface area (Å²) in [6, 6.07) is 6.11. The normalized spacial score (nSPS) is 11.1. The molecule has 1 heterocycles. The van der Waals surface area contributed by atoms with Gasteiger partial charge in [-0.25, -0.2) is 4.98 Å². The van der Waals surface area contributed by atoms with Crippen LogP contribution in [0.25, 0.3) is 11.0 Å². The lowest BCUT2D eigenvalue weighted by molar-refractivity contribution is 0.794. The number of imidazole rings is 1. The molecule has 1 aromatic carbocycles. The van der Waals surface area contributed by atoms with Gasteiger partial charge in [0.15, 0.2) is 0 Å². The molecule has 0 saturated heterocycles. The van der Waals surface area contributed by atoms with Crippen molar-refractivity contribution in [3.05, 3.63) is 28.5 Å². The summed E-state index contributed by atoms with van der Waals surface area (Å²) in [6.45, 7) is 0.637. The zero-order valence-electron chi connectivity index (χ0n) is 8.00. The van der Waals surface area contributed by atoms with Gasteiger partial charge in [0, 0.05) is 17.9 Å². The average molecular weight is 254 g/mol. The number of nitrogens with zero attached hydrogens (tertiary/aromatic N) is 2. The predicted octanol–water partition coefficient (Wildman–Crippen LogP) is 1.84. The molecule has 4 heteroatoms. The molecule has 1 aromatic heterocycles. The molecule has 74 valence electrons. The number of halogens is 1.